The third-order valence-corrected chi connectivity index (χ3v) is 5.06. The van der Waals surface area contributed by atoms with Gasteiger partial charge in [0.05, 0.1) is 12.8 Å². The first-order valence-electron chi connectivity index (χ1n) is 9.91. The van der Waals surface area contributed by atoms with E-state index in [1.54, 1.807) is 24.1 Å². The van der Waals surface area contributed by atoms with Crippen molar-refractivity contribution in [2.24, 2.45) is 0 Å². The average molecular weight is 416 g/mol. The van der Waals surface area contributed by atoms with Crippen LogP contribution in [0.25, 0.3) is 17.3 Å². The average Bonchev–Trinajstić information content (AvgIpc) is 3.30. The van der Waals surface area contributed by atoms with E-state index in [9.17, 15) is 4.79 Å². The molecule has 1 aromatic carbocycles. The van der Waals surface area contributed by atoms with Crippen molar-refractivity contribution in [2.75, 3.05) is 12.4 Å². The molecule has 1 amide bonds. The maximum absolute atomic E-state index is 12.7. The summed E-state index contributed by atoms with van der Waals surface area (Å²) in [7, 11) is 1.56. The van der Waals surface area contributed by atoms with E-state index in [2.05, 4.69) is 25.4 Å². The van der Waals surface area contributed by atoms with Gasteiger partial charge < -0.3 is 14.6 Å². The monoisotopic (exact) mass is 416 g/mol. The zero-order valence-corrected chi connectivity index (χ0v) is 17.1. The summed E-state index contributed by atoms with van der Waals surface area (Å²) in [4.78, 5) is 25.8. The van der Waals surface area contributed by atoms with Crippen LogP contribution in [0.15, 0.2) is 53.6 Å². The van der Waals surface area contributed by atoms with Crippen LogP contribution in [0.2, 0.25) is 0 Å². The molecule has 3 heterocycles. The molecule has 31 heavy (non-hydrogen) atoms. The molecule has 0 saturated heterocycles. The second-order valence-electron chi connectivity index (χ2n) is 7.46. The molecule has 0 radical (unpaired) electrons. The van der Waals surface area contributed by atoms with E-state index in [1.165, 1.54) is 6.33 Å². The third kappa shape index (κ3) is 3.89. The molecule has 0 aliphatic heterocycles. The fourth-order valence-electron chi connectivity index (χ4n) is 3.22. The highest BCUT2D eigenvalue weighted by Crippen LogP contribution is 2.38. The number of hydrogen-bond donors (Lipinski definition) is 1. The molecule has 0 unspecified atom stereocenters. The van der Waals surface area contributed by atoms with Crippen molar-refractivity contribution in [3.8, 4) is 23.0 Å². The number of ether oxygens (including phenoxy) is 1. The van der Waals surface area contributed by atoms with Gasteiger partial charge in [-0.2, -0.15) is 4.98 Å². The van der Waals surface area contributed by atoms with Crippen LogP contribution in [0.5, 0.6) is 5.75 Å². The minimum Gasteiger partial charge on any atom is -0.495 e. The fourth-order valence-corrected chi connectivity index (χ4v) is 3.22. The largest absolute Gasteiger partial charge is 0.495 e. The fraction of sp³-hybridized carbons (Fsp3) is 0.227. The molecule has 1 saturated carbocycles. The molecule has 9 heteroatoms. The van der Waals surface area contributed by atoms with Crippen LogP contribution in [-0.4, -0.2) is 37.7 Å². The number of aryl methyl sites for hydroxylation is 1. The van der Waals surface area contributed by atoms with Crippen molar-refractivity contribution in [1.29, 1.82) is 0 Å². The van der Waals surface area contributed by atoms with Crippen LogP contribution in [-0.2, 0) is 0 Å². The Kier molecular flexibility index (Phi) is 4.70. The predicted octanol–water partition coefficient (Wildman–Crippen LogP) is 3.76. The molecule has 1 aliphatic carbocycles. The van der Waals surface area contributed by atoms with E-state index in [1.807, 2.05) is 37.3 Å². The molecule has 3 aromatic heterocycles. The molecular weight excluding hydrogens is 396 g/mol. The van der Waals surface area contributed by atoms with E-state index in [4.69, 9.17) is 9.26 Å². The summed E-state index contributed by atoms with van der Waals surface area (Å²) in [5.74, 6) is 2.45. The van der Waals surface area contributed by atoms with E-state index < -0.39 is 0 Å². The van der Waals surface area contributed by atoms with Crippen molar-refractivity contribution in [1.82, 2.24) is 24.7 Å². The molecule has 4 aromatic rings. The van der Waals surface area contributed by atoms with Crippen molar-refractivity contribution in [2.45, 2.75) is 25.7 Å². The van der Waals surface area contributed by atoms with E-state index >= 15 is 0 Å². The molecule has 5 rings (SSSR count). The second-order valence-corrected chi connectivity index (χ2v) is 7.46. The zero-order valence-electron chi connectivity index (χ0n) is 17.1. The van der Waals surface area contributed by atoms with E-state index in [-0.39, 0.29) is 11.6 Å². The van der Waals surface area contributed by atoms with Gasteiger partial charge in [-0.05, 0) is 49.6 Å². The highest BCUT2D eigenvalue weighted by Gasteiger charge is 2.29. The maximum Gasteiger partial charge on any atom is 0.275 e. The Balaban J connectivity index is 1.36. The van der Waals surface area contributed by atoms with Crippen LogP contribution in [0.1, 0.15) is 40.6 Å². The van der Waals surface area contributed by atoms with Gasteiger partial charge in [-0.3, -0.25) is 9.36 Å². The smallest absolute Gasteiger partial charge is 0.275 e. The van der Waals surface area contributed by atoms with Gasteiger partial charge in [0.2, 0.25) is 0 Å². The number of nitrogens with one attached hydrogen (secondary N) is 1. The third-order valence-electron chi connectivity index (χ3n) is 5.06. The highest BCUT2D eigenvalue weighted by atomic mass is 16.5. The lowest BCUT2D eigenvalue weighted by molar-refractivity contribution is 0.102. The number of imidazole rings is 1. The molecule has 0 spiro atoms. The topological polar surface area (TPSA) is 108 Å². The number of carbonyl (C=O) groups is 1. The van der Waals surface area contributed by atoms with Crippen LogP contribution in [0.3, 0.4) is 0 Å². The Hall–Kier alpha value is -4.01. The predicted molar refractivity (Wildman–Crippen MR) is 112 cm³/mol. The standard InChI is InChI=1S/C22H20N6O3/c1-13-3-6-18(30-2)16(9-13)25-21(29)17-11-28(12-24-17)19-10-15(7-8-23-19)22-26-20(27-31-22)14-4-5-14/h3,6-12,14H,4-5H2,1-2H3,(H,25,29). The summed E-state index contributed by atoms with van der Waals surface area (Å²) in [6.45, 7) is 1.94. The Labute approximate surface area is 178 Å². The number of hydrogen-bond acceptors (Lipinski definition) is 7. The normalized spacial score (nSPS) is 13.2. The summed E-state index contributed by atoms with van der Waals surface area (Å²) in [6.07, 6.45) is 7.03. The molecule has 1 N–H and O–H groups in total. The number of pyridine rings is 1. The zero-order chi connectivity index (χ0) is 21.4. The number of rotatable bonds is 6. The van der Waals surface area contributed by atoms with E-state index in [0.29, 0.717) is 29.1 Å². The van der Waals surface area contributed by atoms with Crippen molar-refractivity contribution in [3.63, 3.8) is 0 Å². The van der Waals surface area contributed by atoms with Gasteiger partial charge in [-0.15, -0.1) is 0 Å². The lowest BCUT2D eigenvalue weighted by atomic mass is 10.2. The van der Waals surface area contributed by atoms with Gasteiger partial charge in [0, 0.05) is 23.9 Å². The quantitative estimate of drug-likeness (QED) is 0.510. The molecule has 156 valence electrons. The molecule has 1 aliphatic rings. The lowest BCUT2D eigenvalue weighted by Gasteiger charge is -2.10. The number of methoxy groups -OCH3 is 1. The molecule has 9 nitrogen and oxygen atoms in total. The number of nitrogens with zero attached hydrogens (tertiary/aromatic N) is 5. The van der Waals surface area contributed by atoms with Crippen LogP contribution < -0.4 is 10.1 Å². The number of amides is 1. The summed E-state index contributed by atoms with van der Waals surface area (Å²) >= 11 is 0. The van der Waals surface area contributed by atoms with Crippen LogP contribution >= 0.6 is 0 Å². The first kappa shape index (κ1) is 19.0. The minimum atomic E-state index is -0.343. The minimum absolute atomic E-state index is 0.254. The Morgan fingerprint density at radius 2 is 2.10 bits per heavy atom. The number of anilines is 1. The summed E-state index contributed by atoms with van der Waals surface area (Å²) in [5, 5.41) is 6.90. The van der Waals surface area contributed by atoms with Crippen LogP contribution in [0, 0.1) is 6.92 Å². The Morgan fingerprint density at radius 1 is 1.23 bits per heavy atom. The maximum atomic E-state index is 12.7. The van der Waals surface area contributed by atoms with Gasteiger partial charge in [0.25, 0.3) is 11.8 Å². The second kappa shape index (κ2) is 7.67. The lowest BCUT2D eigenvalue weighted by Crippen LogP contribution is -2.13. The van der Waals surface area contributed by atoms with Crippen molar-refractivity contribution < 1.29 is 14.1 Å². The molecule has 1 fully saturated rings. The highest BCUT2D eigenvalue weighted by molar-refractivity contribution is 6.03. The summed E-state index contributed by atoms with van der Waals surface area (Å²) in [6, 6.07) is 9.20. The van der Waals surface area contributed by atoms with Crippen molar-refractivity contribution in [3.05, 3.63) is 66.1 Å². The van der Waals surface area contributed by atoms with Gasteiger partial charge in [-0.1, -0.05) is 11.2 Å². The molecule has 0 bridgehead atoms. The number of benzene rings is 1. The first-order chi connectivity index (χ1) is 15.1. The van der Waals surface area contributed by atoms with Crippen LogP contribution in [0.4, 0.5) is 5.69 Å². The number of aromatic nitrogens is 5. The van der Waals surface area contributed by atoms with Gasteiger partial charge in [0.15, 0.2) is 5.82 Å². The van der Waals surface area contributed by atoms with Gasteiger partial charge in [0.1, 0.15) is 23.6 Å². The Morgan fingerprint density at radius 3 is 2.90 bits per heavy atom. The van der Waals surface area contributed by atoms with Gasteiger partial charge in [-0.25, -0.2) is 9.97 Å². The summed E-state index contributed by atoms with van der Waals surface area (Å²) in [5.41, 5.74) is 2.61. The number of carbonyl (C=O) groups excluding carboxylic acids is 1. The van der Waals surface area contributed by atoms with Gasteiger partial charge >= 0.3 is 0 Å². The first-order valence-corrected chi connectivity index (χ1v) is 9.91. The Bertz CT molecular complexity index is 1260. The SMILES string of the molecule is COc1ccc(C)cc1NC(=O)c1cn(-c2cc(-c3nc(C4CC4)no3)ccn2)cn1. The molecular formula is C22H20N6O3. The summed E-state index contributed by atoms with van der Waals surface area (Å²) < 4.78 is 12.4. The van der Waals surface area contributed by atoms with Crippen molar-refractivity contribution >= 4 is 11.6 Å². The van der Waals surface area contributed by atoms with E-state index in [0.717, 1.165) is 29.8 Å². The molecule has 0 atom stereocenters.